The average Bonchev–Trinajstić information content (AvgIpc) is 1.86. The molecule has 2 nitrogen and oxygen atoms in total. The molecule has 0 aliphatic carbocycles. The van der Waals surface area contributed by atoms with Crippen LogP contribution in [-0.2, 0) is 0 Å². The van der Waals surface area contributed by atoms with Crippen LogP contribution in [0.15, 0.2) is 4.90 Å². The van der Waals surface area contributed by atoms with Crippen LogP contribution < -0.4 is 0 Å². The van der Waals surface area contributed by atoms with Gasteiger partial charge in [0.15, 0.2) is 0 Å². The number of hydrogen-bond donors (Lipinski definition) is 0. The predicted octanol–water partition coefficient (Wildman–Crippen LogP) is -1.35. The van der Waals surface area contributed by atoms with Gasteiger partial charge < -0.3 is 0 Å². The predicted molar refractivity (Wildman–Crippen MR) is 28.3 cm³/mol. The van der Waals surface area contributed by atoms with Crippen molar-refractivity contribution in [3.05, 3.63) is 0 Å². The van der Waals surface area contributed by atoms with Crippen LogP contribution in [0.2, 0.25) is 0 Å². The molecule has 6 heavy (non-hydrogen) atoms. The van der Waals surface area contributed by atoms with Crippen LogP contribution in [0.5, 0.6) is 0 Å². The molecule has 0 saturated carbocycles. The second-order valence-electron chi connectivity index (χ2n) is 1.50. The third-order valence-corrected chi connectivity index (χ3v) is 0.861. The molecule has 0 unspecified atom stereocenters. The fraction of sp³-hybridized carbons (Fsp3) is 1.00. The summed E-state index contributed by atoms with van der Waals surface area (Å²) in [4.78, 5) is 3.97. The summed E-state index contributed by atoms with van der Waals surface area (Å²) >= 11 is 0. The van der Waals surface area contributed by atoms with Gasteiger partial charge in [0.2, 0.25) is 0 Å². The van der Waals surface area contributed by atoms with Crippen LogP contribution in [0, 0.1) is 0 Å². The van der Waals surface area contributed by atoms with Gasteiger partial charge in [-0.3, -0.25) is 0 Å². The minimum absolute atomic E-state index is 0.983. The van der Waals surface area contributed by atoms with E-state index >= 15 is 0 Å². The Morgan fingerprint density at radius 3 is 2.83 bits per heavy atom. The summed E-state index contributed by atoms with van der Waals surface area (Å²) in [5, 5.41) is 0. The summed E-state index contributed by atoms with van der Waals surface area (Å²) in [5.41, 5.74) is 0. The molecule has 1 rings (SSSR count). The zero-order chi connectivity index (χ0) is 4.41. The molecular formula is C2H6B2N2. The Balaban J connectivity index is 2.38. The van der Waals surface area contributed by atoms with Crippen molar-refractivity contribution in [2.45, 2.75) is 0 Å². The van der Waals surface area contributed by atoms with Crippen LogP contribution in [-0.4, -0.2) is 33.0 Å². The standard InChI is InChI=1S/C2H6B2N2/c3-6-2-1-5-4-6/h1-3H2. The van der Waals surface area contributed by atoms with Gasteiger partial charge in [-0.2, -0.15) is 0 Å². The summed E-state index contributed by atoms with van der Waals surface area (Å²) in [6.07, 6.45) is 0. The number of nitrogens with zero attached hydrogens (tertiary/aromatic N) is 2. The van der Waals surface area contributed by atoms with Crippen molar-refractivity contribution in [2.75, 3.05) is 13.1 Å². The van der Waals surface area contributed by atoms with Crippen molar-refractivity contribution < 1.29 is 0 Å². The molecule has 1 aliphatic rings. The summed E-state index contributed by atoms with van der Waals surface area (Å²) in [5.74, 6) is 0. The zero-order valence-electron chi connectivity index (χ0n) is 3.89. The summed E-state index contributed by atoms with van der Waals surface area (Å²) in [7, 11) is 3.89. The molecule has 0 atom stereocenters. The monoisotopic (exact) mass is 80.1 g/mol. The van der Waals surface area contributed by atoms with E-state index in [1.165, 1.54) is 0 Å². The van der Waals surface area contributed by atoms with E-state index in [4.69, 9.17) is 0 Å². The SMILES string of the molecule is BN1B=NCC1. The molecule has 30 valence electrons. The minimum atomic E-state index is 0.983. The van der Waals surface area contributed by atoms with E-state index < -0.39 is 0 Å². The molecule has 4 heteroatoms. The molecule has 0 saturated heterocycles. The molecule has 1 heterocycles. The summed E-state index contributed by atoms with van der Waals surface area (Å²) in [6.45, 7) is 2.08. The van der Waals surface area contributed by atoms with E-state index in [0.717, 1.165) is 13.1 Å². The third kappa shape index (κ3) is 0.614. The van der Waals surface area contributed by atoms with Crippen molar-refractivity contribution in [3.8, 4) is 0 Å². The van der Waals surface area contributed by atoms with E-state index in [0.29, 0.717) is 0 Å². The van der Waals surface area contributed by atoms with Gasteiger partial charge in [-0.15, -0.1) is 0 Å². The normalized spacial score (nSPS) is 18.3. The quantitative estimate of drug-likeness (QED) is 0.328. The molecular weight excluding hydrogens is 73.7 g/mol. The van der Waals surface area contributed by atoms with E-state index in [2.05, 4.69) is 9.62 Å². The van der Waals surface area contributed by atoms with Gasteiger partial charge in [-0.1, -0.05) is 0 Å². The maximum atomic E-state index is 3.97. The Labute approximate surface area is 38.9 Å². The van der Waals surface area contributed by atoms with E-state index in [1.807, 2.05) is 15.2 Å². The van der Waals surface area contributed by atoms with Crippen LogP contribution in [0.4, 0.5) is 0 Å². The number of rotatable bonds is 0. The van der Waals surface area contributed by atoms with Gasteiger partial charge in [-0.25, -0.2) is 0 Å². The molecule has 1 aliphatic heterocycles. The van der Waals surface area contributed by atoms with Gasteiger partial charge in [0.25, 0.3) is 0 Å². The van der Waals surface area contributed by atoms with E-state index in [1.54, 1.807) is 0 Å². The maximum absolute atomic E-state index is 3.97. The van der Waals surface area contributed by atoms with E-state index in [-0.39, 0.29) is 0 Å². The van der Waals surface area contributed by atoms with Crippen molar-refractivity contribution in [2.24, 2.45) is 4.90 Å². The van der Waals surface area contributed by atoms with Crippen molar-refractivity contribution >= 4 is 15.2 Å². The summed E-state index contributed by atoms with van der Waals surface area (Å²) in [6, 6.07) is 0. The topological polar surface area (TPSA) is 15.6 Å². The molecule has 0 aromatic heterocycles. The third-order valence-electron chi connectivity index (χ3n) is 0.861. The molecule has 0 bridgehead atoms. The van der Waals surface area contributed by atoms with Gasteiger partial charge in [0.1, 0.15) is 0 Å². The van der Waals surface area contributed by atoms with Gasteiger partial charge in [-0.05, 0) is 0 Å². The molecule has 0 fully saturated rings. The Kier molecular flexibility index (Phi) is 0.945. The van der Waals surface area contributed by atoms with Crippen molar-refractivity contribution in [1.82, 2.24) is 4.72 Å². The zero-order valence-corrected chi connectivity index (χ0v) is 3.89. The molecule has 0 radical (unpaired) electrons. The van der Waals surface area contributed by atoms with Gasteiger partial charge in [0, 0.05) is 0 Å². The first-order valence-corrected chi connectivity index (χ1v) is 2.10. The van der Waals surface area contributed by atoms with Crippen molar-refractivity contribution in [3.63, 3.8) is 0 Å². The Morgan fingerprint density at radius 2 is 2.67 bits per heavy atom. The molecule has 0 spiro atoms. The molecule has 0 N–H and O–H groups in total. The number of hydrogen-bond acceptors (Lipinski definition) is 2. The van der Waals surface area contributed by atoms with Crippen LogP contribution >= 0.6 is 0 Å². The first kappa shape index (κ1) is 3.90. The average molecular weight is 79.7 g/mol. The van der Waals surface area contributed by atoms with Crippen molar-refractivity contribution in [1.29, 1.82) is 0 Å². The molecule has 0 amide bonds. The van der Waals surface area contributed by atoms with Crippen LogP contribution in [0.25, 0.3) is 0 Å². The van der Waals surface area contributed by atoms with Crippen LogP contribution in [0.3, 0.4) is 0 Å². The molecule has 0 aromatic carbocycles. The Hall–Kier alpha value is -0.270. The fourth-order valence-corrected chi connectivity index (χ4v) is 0.470. The van der Waals surface area contributed by atoms with Gasteiger partial charge in [0.05, 0.1) is 0 Å². The second-order valence-corrected chi connectivity index (χ2v) is 1.50. The molecule has 0 aromatic rings. The first-order valence-electron chi connectivity index (χ1n) is 2.10. The first-order chi connectivity index (χ1) is 2.89. The van der Waals surface area contributed by atoms with Gasteiger partial charge >= 0.3 is 37.9 Å². The fourth-order valence-electron chi connectivity index (χ4n) is 0.470. The Morgan fingerprint density at radius 1 is 1.83 bits per heavy atom. The van der Waals surface area contributed by atoms with Crippen LogP contribution in [0.1, 0.15) is 0 Å². The Bertz CT molecular complexity index is 71.9. The van der Waals surface area contributed by atoms with E-state index in [9.17, 15) is 0 Å². The summed E-state index contributed by atoms with van der Waals surface area (Å²) < 4.78 is 2.07. The second kappa shape index (κ2) is 1.45.